The molecule has 1 amide bonds. The van der Waals surface area contributed by atoms with E-state index < -0.39 is 0 Å². The van der Waals surface area contributed by atoms with Gasteiger partial charge in [0.1, 0.15) is 0 Å². The molecule has 0 radical (unpaired) electrons. The maximum Gasteiger partial charge on any atom is 0.257 e. The molecule has 3 heterocycles. The molecule has 3 aromatic carbocycles. The number of carbonyl (C=O) groups is 1. The van der Waals surface area contributed by atoms with E-state index in [-0.39, 0.29) is 18.7 Å². The van der Waals surface area contributed by atoms with Gasteiger partial charge in [0, 0.05) is 12.0 Å². The van der Waals surface area contributed by atoms with E-state index in [4.69, 9.17) is 14.6 Å². The first kappa shape index (κ1) is 24.7. The fourth-order valence-corrected chi connectivity index (χ4v) is 5.98. The van der Waals surface area contributed by atoms with Crippen molar-refractivity contribution >= 4 is 11.6 Å². The van der Waals surface area contributed by atoms with Gasteiger partial charge in [-0.15, -0.1) is 0 Å². The zero-order valence-electron chi connectivity index (χ0n) is 22.2. The standard InChI is InChI=1S/C32H35N3O3/c1-22-8-10-27(23(2)16-22)28-19-29(26-9-11-30-31(18-26)38-21-37-30)35(33-28)32(36)20-34-14-12-25(13-15-34)17-24-6-4-3-5-7-24/h3-11,16,18,25,29H,12-15,17,19-21H2,1-2H3. The summed E-state index contributed by atoms with van der Waals surface area (Å²) in [4.78, 5) is 16.0. The Morgan fingerprint density at radius 2 is 1.74 bits per heavy atom. The molecule has 3 aromatic rings. The molecule has 0 aliphatic carbocycles. The third-order valence-corrected chi connectivity index (χ3v) is 8.07. The zero-order valence-corrected chi connectivity index (χ0v) is 22.2. The fraction of sp³-hybridized carbons (Fsp3) is 0.375. The number of piperidine rings is 1. The number of rotatable bonds is 6. The molecule has 1 unspecified atom stereocenters. The SMILES string of the molecule is Cc1ccc(C2=NN(C(=O)CN3CCC(Cc4ccccc4)CC3)C(c3ccc4c(c3)OCO4)C2)c(C)c1. The average Bonchev–Trinajstić information content (AvgIpc) is 3.57. The number of hydrazone groups is 1. The molecule has 6 rings (SSSR count). The molecule has 38 heavy (non-hydrogen) atoms. The van der Waals surface area contributed by atoms with Gasteiger partial charge in [0.15, 0.2) is 11.5 Å². The van der Waals surface area contributed by atoms with Crippen molar-refractivity contribution in [3.63, 3.8) is 0 Å². The second-order valence-corrected chi connectivity index (χ2v) is 10.8. The van der Waals surface area contributed by atoms with E-state index in [1.54, 1.807) is 5.01 Å². The molecule has 1 fully saturated rings. The van der Waals surface area contributed by atoms with Gasteiger partial charge in [-0.2, -0.15) is 5.10 Å². The Morgan fingerprint density at radius 3 is 2.53 bits per heavy atom. The molecule has 0 spiro atoms. The van der Waals surface area contributed by atoms with Crippen molar-refractivity contribution in [3.8, 4) is 11.5 Å². The van der Waals surface area contributed by atoms with Crippen LogP contribution >= 0.6 is 0 Å². The maximum absolute atomic E-state index is 13.7. The molecule has 0 saturated carbocycles. The van der Waals surface area contributed by atoms with Crippen LogP contribution in [0, 0.1) is 19.8 Å². The van der Waals surface area contributed by atoms with Crippen LogP contribution in [0.2, 0.25) is 0 Å². The van der Waals surface area contributed by atoms with E-state index in [0.29, 0.717) is 18.9 Å². The van der Waals surface area contributed by atoms with Gasteiger partial charge < -0.3 is 9.47 Å². The largest absolute Gasteiger partial charge is 0.454 e. The van der Waals surface area contributed by atoms with E-state index in [1.807, 2.05) is 18.2 Å². The smallest absolute Gasteiger partial charge is 0.257 e. The summed E-state index contributed by atoms with van der Waals surface area (Å²) >= 11 is 0. The lowest BCUT2D eigenvalue weighted by Gasteiger charge is -2.33. The van der Waals surface area contributed by atoms with Crippen molar-refractivity contribution in [2.24, 2.45) is 11.0 Å². The van der Waals surface area contributed by atoms with E-state index in [9.17, 15) is 4.79 Å². The van der Waals surface area contributed by atoms with Crippen LogP contribution < -0.4 is 9.47 Å². The van der Waals surface area contributed by atoms with Gasteiger partial charge in [0.25, 0.3) is 5.91 Å². The third-order valence-electron chi connectivity index (χ3n) is 8.07. The topological polar surface area (TPSA) is 54.4 Å². The van der Waals surface area contributed by atoms with Gasteiger partial charge in [0.2, 0.25) is 6.79 Å². The number of hydrogen-bond donors (Lipinski definition) is 0. The Balaban J connectivity index is 1.18. The number of benzene rings is 3. The number of hydrogen-bond acceptors (Lipinski definition) is 5. The highest BCUT2D eigenvalue weighted by molar-refractivity contribution is 6.04. The molecule has 0 N–H and O–H groups in total. The van der Waals surface area contributed by atoms with Gasteiger partial charge in [-0.3, -0.25) is 9.69 Å². The van der Waals surface area contributed by atoms with E-state index in [1.165, 1.54) is 16.7 Å². The number of ether oxygens (including phenoxy) is 2. The van der Waals surface area contributed by atoms with Crippen LogP contribution in [0.5, 0.6) is 11.5 Å². The molecule has 196 valence electrons. The van der Waals surface area contributed by atoms with Crippen molar-refractivity contribution in [2.45, 2.75) is 45.6 Å². The Kier molecular flexibility index (Phi) is 6.90. The van der Waals surface area contributed by atoms with Crippen LogP contribution in [0.4, 0.5) is 0 Å². The summed E-state index contributed by atoms with van der Waals surface area (Å²) in [6.07, 6.45) is 4.02. The lowest BCUT2D eigenvalue weighted by atomic mass is 9.90. The monoisotopic (exact) mass is 509 g/mol. The minimum atomic E-state index is -0.164. The number of amides is 1. The fourth-order valence-electron chi connectivity index (χ4n) is 5.98. The number of aryl methyl sites for hydroxylation is 2. The van der Waals surface area contributed by atoms with Gasteiger partial charge in [-0.1, -0.05) is 60.2 Å². The predicted molar refractivity (Wildman–Crippen MR) is 149 cm³/mol. The minimum Gasteiger partial charge on any atom is -0.454 e. The van der Waals surface area contributed by atoms with E-state index in [0.717, 1.165) is 60.7 Å². The molecular formula is C32H35N3O3. The summed E-state index contributed by atoms with van der Waals surface area (Å²) in [7, 11) is 0. The van der Waals surface area contributed by atoms with Crippen LogP contribution in [-0.2, 0) is 11.2 Å². The predicted octanol–water partition coefficient (Wildman–Crippen LogP) is 5.66. The summed E-state index contributed by atoms with van der Waals surface area (Å²) in [5.74, 6) is 2.20. The van der Waals surface area contributed by atoms with Crippen LogP contribution in [0.15, 0.2) is 71.8 Å². The van der Waals surface area contributed by atoms with E-state index >= 15 is 0 Å². The first-order chi connectivity index (χ1) is 18.5. The highest BCUT2D eigenvalue weighted by Gasteiger charge is 2.35. The average molecular weight is 510 g/mol. The second kappa shape index (κ2) is 10.6. The highest BCUT2D eigenvalue weighted by atomic mass is 16.7. The number of carbonyl (C=O) groups excluding carboxylic acids is 1. The molecule has 6 heteroatoms. The normalized spacial score (nSPS) is 19.6. The van der Waals surface area contributed by atoms with Crippen LogP contribution in [0.25, 0.3) is 0 Å². The van der Waals surface area contributed by atoms with Gasteiger partial charge in [-0.25, -0.2) is 5.01 Å². The molecule has 6 nitrogen and oxygen atoms in total. The molecule has 1 atom stereocenters. The number of fused-ring (bicyclic) bond motifs is 1. The van der Waals surface area contributed by atoms with Gasteiger partial charge >= 0.3 is 0 Å². The maximum atomic E-state index is 13.7. The summed E-state index contributed by atoms with van der Waals surface area (Å²) in [6.45, 7) is 6.73. The van der Waals surface area contributed by atoms with Crippen molar-refractivity contribution in [1.82, 2.24) is 9.91 Å². The van der Waals surface area contributed by atoms with Crippen molar-refractivity contribution < 1.29 is 14.3 Å². The lowest BCUT2D eigenvalue weighted by molar-refractivity contribution is -0.134. The number of likely N-dealkylation sites (tertiary alicyclic amines) is 1. The molecule has 0 aromatic heterocycles. The Morgan fingerprint density at radius 1 is 0.947 bits per heavy atom. The number of nitrogens with zero attached hydrogens (tertiary/aromatic N) is 3. The molecule has 0 bridgehead atoms. The zero-order chi connectivity index (χ0) is 26.1. The lowest BCUT2D eigenvalue weighted by Crippen LogP contribution is -2.42. The Bertz CT molecular complexity index is 1350. The van der Waals surface area contributed by atoms with Crippen LogP contribution in [0.1, 0.15) is 53.1 Å². The van der Waals surface area contributed by atoms with Crippen LogP contribution in [-0.4, -0.2) is 48.0 Å². The quantitative estimate of drug-likeness (QED) is 0.430. The molecule has 1 saturated heterocycles. The highest BCUT2D eigenvalue weighted by Crippen LogP contribution is 2.39. The summed E-state index contributed by atoms with van der Waals surface area (Å²) in [6, 6.07) is 23.0. The van der Waals surface area contributed by atoms with Gasteiger partial charge in [-0.05, 0) is 80.9 Å². The minimum absolute atomic E-state index is 0.0499. The molecule has 3 aliphatic rings. The summed E-state index contributed by atoms with van der Waals surface area (Å²) in [5, 5.41) is 6.66. The first-order valence-corrected chi connectivity index (χ1v) is 13.7. The van der Waals surface area contributed by atoms with Gasteiger partial charge in [0.05, 0.1) is 18.3 Å². The third kappa shape index (κ3) is 5.18. The first-order valence-electron chi connectivity index (χ1n) is 13.7. The van der Waals surface area contributed by atoms with Crippen LogP contribution in [0.3, 0.4) is 0 Å². The Hall–Kier alpha value is -3.64. The van der Waals surface area contributed by atoms with E-state index in [2.05, 4.69) is 67.3 Å². The van der Waals surface area contributed by atoms with Crippen molar-refractivity contribution in [1.29, 1.82) is 0 Å². The summed E-state index contributed by atoms with van der Waals surface area (Å²) in [5.41, 5.74) is 6.90. The molecule has 3 aliphatic heterocycles. The van der Waals surface area contributed by atoms with Crippen molar-refractivity contribution in [3.05, 3.63) is 94.5 Å². The second-order valence-electron chi connectivity index (χ2n) is 10.8. The van der Waals surface area contributed by atoms with Crippen molar-refractivity contribution in [2.75, 3.05) is 26.4 Å². The summed E-state index contributed by atoms with van der Waals surface area (Å²) < 4.78 is 11.2. The Labute approximate surface area is 224 Å². The molecular weight excluding hydrogens is 474 g/mol.